The molecule has 2 aromatic rings. The van der Waals surface area contributed by atoms with Gasteiger partial charge in [0.2, 0.25) is 0 Å². The Balaban J connectivity index is 1.68. The Kier molecular flexibility index (Phi) is 3.87. The maximum atomic E-state index is 12.0. The van der Waals surface area contributed by atoms with Crippen LogP contribution in [0.4, 0.5) is 10.5 Å². The normalized spacial score (nSPS) is 14.1. The second-order valence-electron chi connectivity index (χ2n) is 4.67. The van der Waals surface area contributed by atoms with Gasteiger partial charge in [-0.2, -0.15) is 0 Å². The number of hydrogen-bond acceptors (Lipinski definition) is 4. The van der Waals surface area contributed by atoms with E-state index in [0.29, 0.717) is 24.6 Å². The second kappa shape index (κ2) is 5.97. The van der Waals surface area contributed by atoms with Gasteiger partial charge in [-0.1, -0.05) is 18.2 Å². The molecule has 1 N–H and O–H groups in total. The van der Waals surface area contributed by atoms with E-state index in [1.54, 1.807) is 11.0 Å². The molecular formula is C15H14N2O3S. The van der Waals surface area contributed by atoms with E-state index in [1.165, 1.54) is 11.3 Å². The molecule has 2 heterocycles. The van der Waals surface area contributed by atoms with Crippen LogP contribution in [0, 0.1) is 0 Å². The lowest BCUT2D eigenvalue weighted by Crippen LogP contribution is -2.23. The molecule has 3 rings (SSSR count). The van der Waals surface area contributed by atoms with Crippen LogP contribution in [0.2, 0.25) is 0 Å². The number of hydrogen-bond donors (Lipinski definition) is 1. The molecule has 0 radical (unpaired) electrons. The van der Waals surface area contributed by atoms with Gasteiger partial charge in [0.25, 0.3) is 5.91 Å². The molecule has 2 amide bonds. The topological polar surface area (TPSA) is 58.6 Å². The molecule has 0 bridgehead atoms. The first-order valence-corrected chi connectivity index (χ1v) is 7.46. The van der Waals surface area contributed by atoms with Crippen LogP contribution in [0.3, 0.4) is 0 Å². The maximum absolute atomic E-state index is 12.0. The Labute approximate surface area is 126 Å². The predicted molar refractivity (Wildman–Crippen MR) is 80.5 cm³/mol. The molecule has 0 unspecified atom stereocenters. The van der Waals surface area contributed by atoms with Crippen molar-refractivity contribution in [3.63, 3.8) is 0 Å². The van der Waals surface area contributed by atoms with Gasteiger partial charge in [0, 0.05) is 12.2 Å². The highest BCUT2D eigenvalue weighted by Crippen LogP contribution is 2.17. The molecule has 21 heavy (non-hydrogen) atoms. The van der Waals surface area contributed by atoms with Crippen molar-refractivity contribution in [2.45, 2.75) is 6.54 Å². The van der Waals surface area contributed by atoms with Crippen molar-refractivity contribution >= 4 is 29.0 Å². The monoisotopic (exact) mass is 302 g/mol. The van der Waals surface area contributed by atoms with Crippen LogP contribution in [0.5, 0.6) is 0 Å². The summed E-state index contributed by atoms with van der Waals surface area (Å²) in [5.41, 5.74) is 1.68. The van der Waals surface area contributed by atoms with E-state index in [0.717, 1.165) is 11.3 Å². The Morgan fingerprint density at radius 2 is 2.24 bits per heavy atom. The number of nitrogens with zero attached hydrogens (tertiary/aromatic N) is 1. The first-order valence-electron chi connectivity index (χ1n) is 6.58. The minimum absolute atomic E-state index is 0.122. The predicted octanol–water partition coefficient (Wildman–Crippen LogP) is 2.95. The molecule has 5 nitrogen and oxygen atoms in total. The van der Waals surface area contributed by atoms with Gasteiger partial charge in [0.15, 0.2) is 0 Å². The van der Waals surface area contributed by atoms with Crippen LogP contribution in [-0.4, -0.2) is 30.1 Å². The number of carbonyl (C=O) groups excluding carboxylic acids is 2. The van der Waals surface area contributed by atoms with E-state index in [2.05, 4.69) is 5.32 Å². The Bertz CT molecular complexity index is 655. The lowest BCUT2D eigenvalue weighted by Gasteiger charge is -2.13. The SMILES string of the molecule is O=C(Nc1cccc(CN2CCOC2=O)c1)c1cccs1. The molecule has 1 aromatic carbocycles. The zero-order chi connectivity index (χ0) is 14.7. The smallest absolute Gasteiger partial charge is 0.410 e. The molecule has 1 aliphatic heterocycles. The fraction of sp³-hybridized carbons (Fsp3) is 0.200. The summed E-state index contributed by atoms with van der Waals surface area (Å²) < 4.78 is 4.90. The minimum Gasteiger partial charge on any atom is -0.448 e. The van der Waals surface area contributed by atoms with Crippen LogP contribution in [-0.2, 0) is 11.3 Å². The molecule has 0 atom stereocenters. The molecule has 6 heteroatoms. The molecule has 1 aromatic heterocycles. The number of cyclic esters (lactones) is 1. The summed E-state index contributed by atoms with van der Waals surface area (Å²) in [4.78, 5) is 25.7. The highest BCUT2D eigenvalue weighted by atomic mass is 32.1. The summed E-state index contributed by atoms with van der Waals surface area (Å²) in [6.45, 7) is 1.53. The van der Waals surface area contributed by atoms with Crippen molar-refractivity contribution in [1.29, 1.82) is 0 Å². The zero-order valence-electron chi connectivity index (χ0n) is 11.2. The molecule has 0 saturated carbocycles. The summed E-state index contributed by atoms with van der Waals surface area (Å²) in [6, 6.07) is 11.1. The largest absolute Gasteiger partial charge is 0.448 e. The van der Waals surface area contributed by atoms with E-state index in [-0.39, 0.29) is 12.0 Å². The van der Waals surface area contributed by atoms with Crippen LogP contribution < -0.4 is 5.32 Å². The van der Waals surface area contributed by atoms with Crippen LogP contribution >= 0.6 is 11.3 Å². The highest BCUT2D eigenvalue weighted by molar-refractivity contribution is 7.12. The standard InChI is InChI=1S/C15H14N2O3S/c18-14(13-5-2-8-21-13)16-12-4-1-3-11(9-12)10-17-6-7-20-15(17)19/h1-5,8-9H,6-7,10H2,(H,16,18). The zero-order valence-corrected chi connectivity index (χ0v) is 12.1. The van der Waals surface area contributed by atoms with E-state index in [9.17, 15) is 9.59 Å². The first kappa shape index (κ1) is 13.6. The van der Waals surface area contributed by atoms with Gasteiger partial charge in [0.1, 0.15) is 6.61 Å². The first-order chi connectivity index (χ1) is 10.2. The number of carbonyl (C=O) groups is 2. The van der Waals surface area contributed by atoms with Gasteiger partial charge in [-0.25, -0.2) is 4.79 Å². The molecule has 1 aliphatic rings. The number of ether oxygens (including phenoxy) is 1. The quantitative estimate of drug-likeness (QED) is 0.944. The van der Waals surface area contributed by atoms with E-state index >= 15 is 0 Å². The van der Waals surface area contributed by atoms with Gasteiger partial charge >= 0.3 is 6.09 Å². The van der Waals surface area contributed by atoms with Crippen LogP contribution in [0.1, 0.15) is 15.2 Å². The Hall–Kier alpha value is -2.34. The fourth-order valence-corrected chi connectivity index (χ4v) is 2.76. The summed E-state index contributed by atoms with van der Waals surface area (Å²) in [5, 5.41) is 4.72. The average molecular weight is 302 g/mol. The molecule has 108 valence electrons. The summed E-state index contributed by atoms with van der Waals surface area (Å²) >= 11 is 1.40. The van der Waals surface area contributed by atoms with Crippen LogP contribution in [0.25, 0.3) is 0 Å². The summed E-state index contributed by atoms with van der Waals surface area (Å²) in [7, 11) is 0. The second-order valence-corrected chi connectivity index (χ2v) is 5.62. The number of amides is 2. The lowest BCUT2D eigenvalue weighted by molar-refractivity contribution is 0.103. The summed E-state index contributed by atoms with van der Waals surface area (Å²) in [6.07, 6.45) is -0.289. The number of anilines is 1. The minimum atomic E-state index is -0.289. The van der Waals surface area contributed by atoms with Crippen molar-refractivity contribution in [1.82, 2.24) is 4.90 Å². The lowest BCUT2D eigenvalue weighted by atomic mass is 10.2. The van der Waals surface area contributed by atoms with Crippen molar-refractivity contribution in [3.05, 3.63) is 52.2 Å². The Morgan fingerprint density at radius 3 is 2.95 bits per heavy atom. The van der Waals surface area contributed by atoms with Crippen molar-refractivity contribution < 1.29 is 14.3 Å². The molecular weight excluding hydrogens is 288 g/mol. The number of thiophene rings is 1. The summed E-state index contributed by atoms with van der Waals surface area (Å²) in [5.74, 6) is -0.122. The number of rotatable bonds is 4. The molecule has 1 fully saturated rings. The third-order valence-electron chi connectivity index (χ3n) is 3.15. The number of benzene rings is 1. The van der Waals surface area contributed by atoms with Crippen molar-refractivity contribution in [2.24, 2.45) is 0 Å². The van der Waals surface area contributed by atoms with Gasteiger partial charge in [0.05, 0.1) is 11.4 Å². The van der Waals surface area contributed by atoms with E-state index in [4.69, 9.17) is 4.74 Å². The van der Waals surface area contributed by atoms with Gasteiger partial charge in [-0.15, -0.1) is 11.3 Å². The van der Waals surface area contributed by atoms with Crippen molar-refractivity contribution in [2.75, 3.05) is 18.5 Å². The van der Waals surface area contributed by atoms with Crippen LogP contribution in [0.15, 0.2) is 41.8 Å². The van der Waals surface area contributed by atoms with Gasteiger partial charge in [-0.3, -0.25) is 4.79 Å². The molecule has 0 spiro atoms. The van der Waals surface area contributed by atoms with Gasteiger partial charge in [-0.05, 0) is 29.1 Å². The average Bonchev–Trinajstić information content (AvgIpc) is 3.12. The maximum Gasteiger partial charge on any atom is 0.410 e. The third kappa shape index (κ3) is 3.22. The van der Waals surface area contributed by atoms with E-state index < -0.39 is 0 Å². The van der Waals surface area contributed by atoms with Crippen molar-refractivity contribution in [3.8, 4) is 0 Å². The highest BCUT2D eigenvalue weighted by Gasteiger charge is 2.21. The Morgan fingerprint density at radius 1 is 1.33 bits per heavy atom. The third-order valence-corrected chi connectivity index (χ3v) is 4.02. The van der Waals surface area contributed by atoms with Gasteiger partial charge < -0.3 is 15.0 Å². The fourth-order valence-electron chi connectivity index (χ4n) is 2.14. The molecule has 0 aliphatic carbocycles. The van der Waals surface area contributed by atoms with E-state index in [1.807, 2.05) is 35.7 Å². The molecule has 1 saturated heterocycles. The number of nitrogens with one attached hydrogen (secondary N) is 1.